The van der Waals surface area contributed by atoms with Gasteiger partial charge in [-0.05, 0) is 23.2 Å². The maximum absolute atomic E-state index is 12.5. The normalized spacial score (nSPS) is 42.1. The van der Waals surface area contributed by atoms with Crippen LogP contribution < -0.4 is 0 Å². The van der Waals surface area contributed by atoms with Crippen LogP contribution in [0.5, 0.6) is 0 Å². The lowest BCUT2D eigenvalue weighted by Gasteiger charge is -2.66. The fraction of sp³-hybridized carbons (Fsp3) is 0.857. The van der Waals surface area contributed by atoms with Gasteiger partial charge < -0.3 is 0 Å². The molecule has 2 heteroatoms. The van der Waals surface area contributed by atoms with Crippen LogP contribution in [0, 0.1) is 38.9 Å². The summed E-state index contributed by atoms with van der Waals surface area (Å²) in [6, 6.07) is 2.38. The number of fused-ring (bicyclic) bond motifs is 1. The highest BCUT2D eigenvalue weighted by Gasteiger charge is 2.80. The molecular formula is C14H21NO. The zero-order valence-corrected chi connectivity index (χ0v) is 11.1. The maximum atomic E-state index is 12.5. The largest absolute Gasteiger partial charge is 0.297 e. The van der Waals surface area contributed by atoms with Crippen molar-refractivity contribution in [1.82, 2.24) is 0 Å². The molecule has 0 N–H and O–H groups in total. The molecule has 0 aromatic heterocycles. The molecule has 0 aromatic carbocycles. The summed E-state index contributed by atoms with van der Waals surface area (Å²) in [6.07, 6.45) is 0.857. The average molecular weight is 219 g/mol. The molecule has 2 nitrogen and oxygen atoms in total. The lowest BCUT2D eigenvalue weighted by atomic mass is 9.34. The Morgan fingerprint density at radius 3 is 2.06 bits per heavy atom. The molecular weight excluding hydrogens is 198 g/mol. The second kappa shape index (κ2) is 2.53. The van der Waals surface area contributed by atoms with Crippen molar-refractivity contribution in [2.75, 3.05) is 0 Å². The van der Waals surface area contributed by atoms with Crippen LogP contribution in [0.4, 0.5) is 0 Å². The van der Waals surface area contributed by atoms with Crippen LogP contribution in [0.3, 0.4) is 0 Å². The van der Waals surface area contributed by atoms with E-state index in [-0.39, 0.29) is 27.9 Å². The number of nitriles is 1. The van der Waals surface area contributed by atoms with E-state index >= 15 is 0 Å². The molecule has 0 amide bonds. The van der Waals surface area contributed by atoms with Crippen LogP contribution in [0.1, 0.15) is 48.0 Å². The zero-order chi connectivity index (χ0) is 12.6. The number of rotatable bonds is 0. The third-order valence-electron chi connectivity index (χ3n) is 5.85. The molecule has 0 aliphatic heterocycles. The lowest BCUT2D eigenvalue weighted by Crippen LogP contribution is -2.67. The molecule has 2 rings (SSSR count). The van der Waals surface area contributed by atoms with Crippen LogP contribution >= 0.6 is 0 Å². The van der Waals surface area contributed by atoms with E-state index in [1.54, 1.807) is 0 Å². The van der Waals surface area contributed by atoms with Crippen molar-refractivity contribution >= 4 is 5.78 Å². The molecule has 0 heterocycles. The SMILES string of the molecule is CC1(C)CC2C(C)(C)C(C)(C)C2(C#N)C1=O. The van der Waals surface area contributed by atoms with Crippen LogP contribution in [-0.4, -0.2) is 5.78 Å². The number of hydrogen-bond acceptors (Lipinski definition) is 2. The zero-order valence-electron chi connectivity index (χ0n) is 11.1. The Morgan fingerprint density at radius 2 is 1.69 bits per heavy atom. The van der Waals surface area contributed by atoms with E-state index in [9.17, 15) is 10.1 Å². The number of ketones is 1. The molecule has 16 heavy (non-hydrogen) atoms. The topological polar surface area (TPSA) is 40.9 Å². The second-order valence-corrected chi connectivity index (χ2v) is 7.24. The van der Waals surface area contributed by atoms with Gasteiger partial charge in [-0.15, -0.1) is 0 Å². The fourth-order valence-electron chi connectivity index (χ4n) is 4.10. The van der Waals surface area contributed by atoms with Crippen molar-refractivity contribution < 1.29 is 4.79 Å². The molecule has 0 bridgehead atoms. The van der Waals surface area contributed by atoms with Gasteiger partial charge in [0.1, 0.15) is 5.41 Å². The van der Waals surface area contributed by atoms with Crippen LogP contribution in [0.25, 0.3) is 0 Å². The van der Waals surface area contributed by atoms with Gasteiger partial charge in [0.25, 0.3) is 0 Å². The van der Waals surface area contributed by atoms with Crippen molar-refractivity contribution in [3.05, 3.63) is 0 Å². The van der Waals surface area contributed by atoms with Gasteiger partial charge in [0.2, 0.25) is 0 Å². The molecule has 2 aliphatic carbocycles. The molecule has 0 saturated heterocycles. The van der Waals surface area contributed by atoms with E-state index in [1.807, 2.05) is 13.8 Å². The highest BCUT2D eigenvalue weighted by Crippen LogP contribution is 2.77. The molecule has 2 unspecified atom stereocenters. The van der Waals surface area contributed by atoms with E-state index in [4.69, 9.17) is 0 Å². The molecule has 2 saturated carbocycles. The van der Waals surface area contributed by atoms with Crippen molar-refractivity contribution in [3.8, 4) is 6.07 Å². The summed E-state index contributed by atoms with van der Waals surface area (Å²) in [5, 5.41) is 9.55. The van der Waals surface area contributed by atoms with Gasteiger partial charge in [-0.2, -0.15) is 5.26 Å². The third kappa shape index (κ3) is 0.805. The van der Waals surface area contributed by atoms with E-state index in [0.717, 1.165) is 6.42 Å². The van der Waals surface area contributed by atoms with Gasteiger partial charge >= 0.3 is 0 Å². The van der Waals surface area contributed by atoms with E-state index < -0.39 is 5.41 Å². The summed E-state index contributed by atoms with van der Waals surface area (Å²) in [5.74, 6) is 0.388. The van der Waals surface area contributed by atoms with Crippen molar-refractivity contribution in [2.24, 2.45) is 27.6 Å². The number of hydrogen-bond donors (Lipinski definition) is 0. The van der Waals surface area contributed by atoms with Crippen LogP contribution in [-0.2, 0) is 4.79 Å². The van der Waals surface area contributed by atoms with Gasteiger partial charge in [-0.1, -0.05) is 41.5 Å². The predicted octanol–water partition coefficient (Wildman–Crippen LogP) is 3.18. The molecule has 2 fully saturated rings. The van der Waals surface area contributed by atoms with E-state index in [0.29, 0.717) is 0 Å². The minimum Gasteiger partial charge on any atom is -0.297 e. The molecule has 88 valence electrons. The van der Waals surface area contributed by atoms with Gasteiger partial charge in [-0.3, -0.25) is 4.79 Å². The Bertz CT molecular complexity index is 411. The Kier molecular flexibility index (Phi) is 1.84. The summed E-state index contributed by atoms with van der Waals surface area (Å²) >= 11 is 0. The summed E-state index contributed by atoms with van der Waals surface area (Å²) in [6.45, 7) is 12.5. The Labute approximate surface area is 98.0 Å². The molecule has 2 aliphatic rings. The number of carbonyl (C=O) groups excluding carboxylic acids is 1. The smallest absolute Gasteiger partial charge is 0.159 e. The third-order valence-corrected chi connectivity index (χ3v) is 5.85. The Morgan fingerprint density at radius 1 is 1.19 bits per heavy atom. The van der Waals surface area contributed by atoms with E-state index in [1.165, 1.54) is 0 Å². The van der Waals surface area contributed by atoms with Gasteiger partial charge in [-0.25, -0.2) is 0 Å². The summed E-state index contributed by atoms with van der Waals surface area (Å²) in [4.78, 5) is 12.5. The number of Topliss-reactive ketones (excluding diaryl/α,β-unsaturated/α-hetero) is 1. The highest BCUT2D eigenvalue weighted by atomic mass is 16.1. The molecule has 2 atom stereocenters. The highest BCUT2D eigenvalue weighted by molar-refractivity contribution is 5.97. The first-order valence-electron chi connectivity index (χ1n) is 6.02. The number of nitrogens with zero attached hydrogens (tertiary/aromatic N) is 1. The summed E-state index contributed by atoms with van der Waals surface area (Å²) in [7, 11) is 0. The maximum Gasteiger partial charge on any atom is 0.159 e. The summed E-state index contributed by atoms with van der Waals surface area (Å²) < 4.78 is 0. The van der Waals surface area contributed by atoms with Crippen molar-refractivity contribution in [3.63, 3.8) is 0 Å². The Hall–Kier alpha value is -0.840. The standard InChI is InChI=1S/C14H21NO/c1-11(2)7-9-12(3,4)13(5,6)14(9,8-15)10(11)16/h9H,7H2,1-6H3. The minimum atomic E-state index is -0.736. The second-order valence-electron chi connectivity index (χ2n) is 7.24. The van der Waals surface area contributed by atoms with Crippen molar-refractivity contribution in [2.45, 2.75) is 48.0 Å². The van der Waals surface area contributed by atoms with Crippen LogP contribution in [0.15, 0.2) is 0 Å². The van der Waals surface area contributed by atoms with Crippen molar-refractivity contribution in [1.29, 1.82) is 5.26 Å². The minimum absolute atomic E-state index is 0.0756. The van der Waals surface area contributed by atoms with Gasteiger partial charge in [0.05, 0.1) is 6.07 Å². The first kappa shape index (κ1) is 11.6. The average Bonchev–Trinajstić information content (AvgIpc) is 2.36. The van der Waals surface area contributed by atoms with E-state index in [2.05, 4.69) is 33.8 Å². The Balaban J connectivity index is 2.62. The predicted molar refractivity (Wildman–Crippen MR) is 62.5 cm³/mol. The van der Waals surface area contributed by atoms with Gasteiger partial charge in [0.15, 0.2) is 5.78 Å². The molecule has 0 radical (unpaired) electrons. The quantitative estimate of drug-likeness (QED) is 0.628. The monoisotopic (exact) mass is 219 g/mol. The first-order valence-corrected chi connectivity index (χ1v) is 6.02. The summed E-state index contributed by atoms with van der Waals surface area (Å²) in [5.41, 5.74) is -1.21. The fourth-order valence-corrected chi connectivity index (χ4v) is 4.10. The first-order chi connectivity index (χ1) is 7.05. The number of carbonyl (C=O) groups is 1. The molecule has 0 spiro atoms. The van der Waals surface area contributed by atoms with Crippen LogP contribution in [0.2, 0.25) is 0 Å². The lowest BCUT2D eigenvalue weighted by molar-refractivity contribution is -0.196. The molecule has 0 aromatic rings. The van der Waals surface area contributed by atoms with Gasteiger partial charge in [0, 0.05) is 5.41 Å².